The number of nitrogens with one attached hydrogen (secondary N) is 1. The third-order valence-corrected chi connectivity index (χ3v) is 6.02. The Bertz CT molecular complexity index is 1040. The molecule has 2 amide bonds. The molecule has 1 aromatic heterocycles. The maximum Gasteiger partial charge on any atom is 0.227 e. The van der Waals surface area contributed by atoms with Crippen molar-refractivity contribution in [3.63, 3.8) is 0 Å². The summed E-state index contributed by atoms with van der Waals surface area (Å²) < 4.78 is 1.68. The molecule has 154 valence electrons. The molecule has 2 unspecified atom stereocenters. The second kappa shape index (κ2) is 8.71. The minimum atomic E-state index is -0.354. The Kier molecular flexibility index (Phi) is 5.85. The van der Waals surface area contributed by atoms with Crippen LogP contribution in [0.3, 0.4) is 0 Å². The van der Waals surface area contributed by atoms with Crippen LogP contribution in [0.15, 0.2) is 66.1 Å². The number of carbonyl (C=O) groups is 2. The van der Waals surface area contributed by atoms with E-state index in [-0.39, 0.29) is 30.2 Å². The van der Waals surface area contributed by atoms with Crippen LogP contribution >= 0.6 is 11.8 Å². The van der Waals surface area contributed by atoms with Gasteiger partial charge < -0.3 is 10.2 Å². The molecule has 3 aromatic rings. The van der Waals surface area contributed by atoms with Gasteiger partial charge in [0.2, 0.25) is 11.8 Å². The zero-order chi connectivity index (χ0) is 21.1. The summed E-state index contributed by atoms with van der Waals surface area (Å²) >= 11 is 1.63. The summed E-state index contributed by atoms with van der Waals surface area (Å²) in [5.74, 6) is -0.467. The zero-order valence-electron chi connectivity index (χ0n) is 16.9. The molecule has 2 aromatic carbocycles. The summed E-state index contributed by atoms with van der Waals surface area (Å²) in [6.45, 7) is 2.35. The summed E-state index contributed by atoms with van der Waals surface area (Å²) in [6.07, 6.45) is 5.35. The summed E-state index contributed by atoms with van der Waals surface area (Å²) in [5, 5.41) is 7.16. The van der Waals surface area contributed by atoms with Gasteiger partial charge in [-0.3, -0.25) is 9.59 Å². The van der Waals surface area contributed by atoms with Gasteiger partial charge in [0, 0.05) is 23.5 Å². The minimum Gasteiger partial charge on any atom is -0.349 e. The van der Waals surface area contributed by atoms with Crippen molar-refractivity contribution in [2.75, 3.05) is 17.7 Å². The molecule has 0 aliphatic carbocycles. The molecule has 1 aliphatic heterocycles. The predicted octanol–water partition coefficient (Wildman–Crippen LogP) is 3.22. The van der Waals surface area contributed by atoms with Gasteiger partial charge in [0.1, 0.15) is 12.7 Å². The summed E-state index contributed by atoms with van der Waals surface area (Å²) in [7, 11) is 0. The molecule has 30 heavy (non-hydrogen) atoms. The first-order valence-electron chi connectivity index (χ1n) is 9.75. The Morgan fingerprint density at radius 2 is 2.00 bits per heavy atom. The topological polar surface area (TPSA) is 80.1 Å². The summed E-state index contributed by atoms with van der Waals surface area (Å²) in [4.78, 5) is 32.1. The van der Waals surface area contributed by atoms with E-state index in [2.05, 4.69) is 15.4 Å². The lowest BCUT2D eigenvalue weighted by molar-refractivity contribution is -0.126. The number of nitrogens with zero attached hydrogens (tertiary/aromatic N) is 4. The second-order valence-electron chi connectivity index (χ2n) is 7.27. The van der Waals surface area contributed by atoms with Crippen LogP contribution in [-0.4, -0.2) is 39.4 Å². The van der Waals surface area contributed by atoms with E-state index in [1.807, 2.05) is 61.7 Å². The molecule has 1 saturated heterocycles. The van der Waals surface area contributed by atoms with Gasteiger partial charge in [0.15, 0.2) is 0 Å². The number of thioether (sulfide) groups is 1. The van der Waals surface area contributed by atoms with Gasteiger partial charge in [-0.25, -0.2) is 9.67 Å². The third-order valence-electron chi connectivity index (χ3n) is 5.30. The highest BCUT2D eigenvalue weighted by molar-refractivity contribution is 7.98. The number of benzene rings is 2. The van der Waals surface area contributed by atoms with Gasteiger partial charge >= 0.3 is 0 Å². The van der Waals surface area contributed by atoms with E-state index < -0.39 is 0 Å². The van der Waals surface area contributed by atoms with Crippen molar-refractivity contribution in [3.8, 4) is 5.69 Å². The fraction of sp³-hybridized carbons (Fsp3) is 0.273. The molecule has 0 radical (unpaired) electrons. The Balaban J connectivity index is 1.39. The van der Waals surface area contributed by atoms with E-state index >= 15 is 0 Å². The molecule has 8 heteroatoms. The van der Waals surface area contributed by atoms with Gasteiger partial charge in [0.25, 0.3) is 0 Å². The minimum absolute atomic E-state index is 0.0155. The van der Waals surface area contributed by atoms with Crippen molar-refractivity contribution in [1.29, 1.82) is 0 Å². The first-order chi connectivity index (χ1) is 14.5. The number of carbonyl (C=O) groups excluding carboxylic acids is 2. The molecule has 0 saturated carbocycles. The number of hydrogen-bond donors (Lipinski definition) is 1. The SMILES string of the molecule is CSc1cccc(N2CC(C(=O)NC(C)c3ccc(-n4cncn4)cc3)CC2=O)c1. The van der Waals surface area contributed by atoms with Crippen molar-refractivity contribution in [3.05, 3.63) is 66.7 Å². The quantitative estimate of drug-likeness (QED) is 0.618. The molecule has 2 heterocycles. The smallest absolute Gasteiger partial charge is 0.227 e. The van der Waals surface area contributed by atoms with Crippen molar-refractivity contribution in [1.82, 2.24) is 20.1 Å². The average Bonchev–Trinajstić information content (AvgIpc) is 3.44. The highest BCUT2D eigenvalue weighted by Crippen LogP contribution is 2.28. The van der Waals surface area contributed by atoms with Gasteiger partial charge in [-0.05, 0) is 49.1 Å². The Morgan fingerprint density at radius 3 is 2.70 bits per heavy atom. The molecule has 1 N–H and O–H groups in total. The number of rotatable bonds is 6. The molecule has 0 bridgehead atoms. The Labute approximate surface area is 179 Å². The molecular formula is C22H23N5O2S. The van der Waals surface area contributed by atoms with E-state index in [1.165, 1.54) is 6.33 Å². The predicted molar refractivity (Wildman–Crippen MR) is 117 cm³/mol. The monoisotopic (exact) mass is 421 g/mol. The largest absolute Gasteiger partial charge is 0.349 e. The molecule has 7 nitrogen and oxygen atoms in total. The van der Waals surface area contributed by atoms with E-state index in [1.54, 1.807) is 27.7 Å². The Hall–Kier alpha value is -3.13. The van der Waals surface area contributed by atoms with Gasteiger partial charge in [-0.2, -0.15) is 5.10 Å². The van der Waals surface area contributed by atoms with Crippen LogP contribution in [0.25, 0.3) is 5.69 Å². The van der Waals surface area contributed by atoms with Crippen molar-refractivity contribution in [2.24, 2.45) is 5.92 Å². The van der Waals surface area contributed by atoms with E-state index in [9.17, 15) is 9.59 Å². The van der Waals surface area contributed by atoms with Crippen LogP contribution in [-0.2, 0) is 9.59 Å². The van der Waals surface area contributed by atoms with Gasteiger partial charge in [-0.15, -0.1) is 11.8 Å². The van der Waals surface area contributed by atoms with E-state index in [4.69, 9.17) is 0 Å². The fourth-order valence-electron chi connectivity index (χ4n) is 3.58. The molecule has 1 fully saturated rings. The van der Waals surface area contributed by atoms with E-state index in [0.29, 0.717) is 6.54 Å². The molecule has 4 rings (SSSR count). The van der Waals surface area contributed by atoms with Crippen molar-refractivity contribution in [2.45, 2.75) is 24.3 Å². The number of hydrogen-bond acceptors (Lipinski definition) is 5. The Morgan fingerprint density at radius 1 is 1.20 bits per heavy atom. The highest BCUT2D eigenvalue weighted by Gasteiger charge is 2.35. The number of amides is 2. The van der Waals surface area contributed by atoms with Gasteiger partial charge in [-0.1, -0.05) is 18.2 Å². The molecule has 2 atom stereocenters. The maximum atomic E-state index is 12.8. The van der Waals surface area contributed by atoms with Crippen LogP contribution in [0.5, 0.6) is 0 Å². The van der Waals surface area contributed by atoms with Gasteiger partial charge in [0.05, 0.1) is 17.6 Å². The maximum absolute atomic E-state index is 12.8. The van der Waals surface area contributed by atoms with Crippen LogP contribution in [0, 0.1) is 5.92 Å². The lowest BCUT2D eigenvalue weighted by atomic mass is 10.0. The van der Waals surface area contributed by atoms with Crippen LogP contribution < -0.4 is 10.2 Å². The second-order valence-corrected chi connectivity index (χ2v) is 8.15. The van der Waals surface area contributed by atoms with Crippen molar-refractivity contribution >= 4 is 29.3 Å². The fourth-order valence-corrected chi connectivity index (χ4v) is 4.04. The highest BCUT2D eigenvalue weighted by atomic mass is 32.2. The molecule has 1 aliphatic rings. The van der Waals surface area contributed by atoms with Crippen molar-refractivity contribution < 1.29 is 9.59 Å². The normalized spacial score (nSPS) is 17.2. The number of aromatic nitrogens is 3. The van der Waals surface area contributed by atoms with Crippen LogP contribution in [0.2, 0.25) is 0 Å². The average molecular weight is 422 g/mol. The summed E-state index contributed by atoms with van der Waals surface area (Å²) in [5.41, 5.74) is 2.74. The molecular weight excluding hydrogens is 398 g/mol. The van der Waals surface area contributed by atoms with Crippen LogP contribution in [0.1, 0.15) is 24.9 Å². The lowest BCUT2D eigenvalue weighted by Gasteiger charge is -2.19. The first kappa shape index (κ1) is 20.2. The standard InChI is InChI=1S/C22H23N5O2S/c1-15(16-6-8-18(9-7-16)27-14-23-13-24-27)25-22(29)17-10-21(28)26(12-17)19-4-3-5-20(11-19)30-2/h3-9,11,13-15,17H,10,12H2,1-2H3,(H,25,29). The first-order valence-corrected chi connectivity index (χ1v) is 11.0. The number of anilines is 1. The zero-order valence-corrected chi connectivity index (χ0v) is 17.7. The molecule has 0 spiro atoms. The lowest BCUT2D eigenvalue weighted by Crippen LogP contribution is -2.34. The summed E-state index contributed by atoms with van der Waals surface area (Å²) in [6, 6.07) is 15.5. The van der Waals surface area contributed by atoms with Crippen LogP contribution in [0.4, 0.5) is 5.69 Å². The van der Waals surface area contributed by atoms with E-state index in [0.717, 1.165) is 21.8 Å². The third kappa shape index (κ3) is 4.23.